The van der Waals surface area contributed by atoms with Crippen LogP contribution in [0.4, 0.5) is 52.7 Å². The van der Waals surface area contributed by atoms with Gasteiger partial charge in [-0.3, -0.25) is 13.8 Å². The van der Waals surface area contributed by atoms with E-state index in [9.17, 15) is 74.9 Å². The van der Waals surface area contributed by atoms with E-state index in [1.165, 1.54) is 36.5 Å². The summed E-state index contributed by atoms with van der Waals surface area (Å²) >= 11 is 0. The van der Waals surface area contributed by atoms with Crippen LogP contribution in [-0.4, -0.2) is 66.9 Å². The molecular weight excluding hydrogens is 945 g/mol. The van der Waals surface area contributed by atoms with Gasteiger partial charge in [-0.25, -0.2) is 28.4 Å². The highest BCUT2D eigenvalue weighted by Gasteiger charge is 2.36. The molecule has 0 saturated heterocycles. The molecule has 0 spiro atoms. The van der Waals surface area contributed by atoms with Gasteiger partial charge in [-0.15, -0.1) is 26.3 Å². The Bertz CT molecular complexity index is 2940. The fraction of sp³-hybridized carbons (Fsp3) is 0.211. The first-order valence-electron chi connectivity index (χ1n) is 17.5. The lowest BCUT2D eigenvalue weighted by Gasteiger charge is -2.12. The molecule has 0 amide bonds. The second-order valence-electron chi connectivity index (χ2n) is 13.2. The summed E-state index contributed by atoms with van der Waals surface area (Å²) in [6, 6.07) is 15.1. The number of rotatable bonds is 10. The standard InChI is InChI=1S/C19H13F6N3O4S.C19H13F6N3O3S/c1-33(30,31)17-26-14(8-15(27-17)18(20,21)22)12-4-7-16(29)28(10-12)9-11-2-5-13(6-3-11)32-19(23,24)25;1-32(30)17-26-14(8-15(27-17)18(20,21)22)12-4-7-16(29)28(10-12)9-11-2-5-13(6-3-11)31-19(23,24)25/h2-8,10H,9H2,1H3;2-8,10H,9H2,1H3. The number of ether oxygens (including phenoxy) is 2. The fourth-order valence-corrected chi connectivity index (χ4v) is 6.31. The topological polar surface area (TPSA) is 165 Å². The van der Waals surface area contributed by atoms with Gasteiger partial charge in [0, 0.05) is 48.2 Å². The van der Waals surface area contributed by atoms with Crippen LogP contribution in [0.25, 0.3) is 22.5 Å². The Morgan fingerprint density at radius 3 is 1.31 bits per heavy atom. The van der Waals surface area contributed by atoms with Crippen molar-refractivity contribution >= 4 is 20.6 Å². The molecule has 0 aliphatic rings. The number of hydrogen-bond donors (Lipinski definition) is 0. The first-order chi connectivity index (χ1) is 29.9. The molecule has 0 aliphatic heterocycles. The highest BCUT2D eigenvalue weighted by molar-refractivity contribution is 7.90. The number of halogens is 12. The number of benzene rings is 2. The average Bonchev–Trinajstić information content (AvgIpc) is 3.19. The van der Waals surface area contributed by atoms with Gasteiger partial charge in [-0.05, 0) is 59.7 Å². The molecule has 1 unspecified atom stereocenters. The summed E-state index contributed by atoms with van der Waals surface area (Å²) in [5.41, 5.74) is -3.48. The van der Waals surface area contributed by atoms with Crippen LogP contribution in [0.2, 0.25) is 0 Å². The van der Waals surface area contributed by atoms with Crippen LogP contribution in [0.5, 0.6) is 11.5 Å². The normalized spacial score (nSPS) is 12.8. The molecule has 0 bridgehead atoms. The Morgan fingerprint density at radius 2 is 0.954 bits per heavy atom. The maximum absolute atomic E-state index is 13.2. The van der Waals surface area contributed by atoms with Crippen LogP contribution in [-0.2, 0) is 46.1 Å². The van der Waals surface area contributed by atoms with Crippen molar-refractivity contribution in [2.45, 2.75) is 48.5 Å². The minimum absolute atomic E-state index is 0.00979. The van der Waals surface area contributed by atoms with E-state index in [0.29, 0.717) is 29.5 Å². The van der Waals surface area contributed by atoms with Crippen molar-refractivity contribution < 1.29 is 74.8 Å². The molecule has 346 valence electrons. The van der Waals surface area contributed by atoms with Crippen molar-refractivity contribution in [3.8, 4) is 34.0 Å². The van der Waals surface area contributed by atoms with E-state index < -0.39 is 90.0 Å². The van der Waals surface area contributed by atoms with Gasteiger partial charge in [0.05, 0.1) is 35.3 Å². The summed E-state index contributed by atoms with van der Waals surface area (Å²) in [6.45, 7) is -0.224. The maximum Gasteiger partial charge on any atom is 0.573 e. The summed E-state index contributed by atoms with van der Waals surface area (Å²) in [7, 11) is -6.07. The van der Waals surface area contributed by atoms with E-state index >= 15 is 0 Å². The van der Waals surface area contributed by atoms with E-state index in [1.807, 2.05) is 0 Å². The molecule has 0 aliphatic carbocycles. The Kier molecular flexibility index (Phi) is 14.3. The zero-order valence-corrected chi connectivity index (χ0v) is 34.2. The van der Waals surface area contributed by atoms with Gasteiger partial charge in [-0.2, -0.15) is 26.3 Å². The Hall–Kier alpha value is -6.64. The van der Waals surface area contributed by atoms with Crippen LogP contribution < -0.4 is 20.6 Å². The van der Waals surface area contributed by atoms with Crippen LogP contribution in [0.15, 0.2) is 117 Å². The lowest BCUT2D eigenvalue weighted by atomic mass is 10.1. The zero-order valence-electron chi connectivity index (χ0n) is 32.5. The predicted octanol–water partition coefficient (Wildman–Crippen LogP) is 7.68. The van der Waals surface area contributed by atoms with E-state index in [1.54, 1.807) is 0 Å². The number of hydrogen-bond acceptors (Lipinski definition) is 11. The lowest BCUT2D eigenvalue weighted by Crippen LogP contribution is -2.20. The smallest absolute Gasteiger partial charge is 0.406 e. The van der Waals surface area contributed by atoms with Crippen molar-refractivity contribution in [1.29, 1.82) is 0 Å². The van der Waals surface area contributed by atoms with Gasteiger partial charge in [0.25, 0.3) is 11.1 Å². The Balaban J connectivity index is 0.000000244. The highest BCUT2D eigenvalue weighted by Crippen LogP contribution is 2.32. The molecule has 13 nitrogen and oxygen atoms in total. The van der Waals surface area contributed by atoms with Gasteiger partial charge in [0.1, 0.15) is 22.9 Å². The molecule has 4 heterocycles. The molecule has 27 heteroatoms. The minimum Gasteiger partial charge on any atom is -0.406 e. The van der Waals surface area contributed by atoms with Gasteiger partial charge in [-0.1, -0.05) is 24.3 Å². The summed E-state index contributed by atoms with van der Waals surface area (Å²) in [5, 5.41) is -1.56. The monoisotopic (exact) mass is 970 g/mol. The molecule has 65 heavy (non-hydrogen) atoms. The summed E-state index contributed by atoms with van der Waals surface area (Å²) in [4.78, 5) is 38.3. The number of sulfone groups is 1. The Morgan fingerprint density at radius 1 is 0.569 bits per heavy atom. The Labute approximate surface area is 359 Å². The summed E-state index contributed by atoms with van der Waals surface area (Å²) in [5.74, 6) is -0.913. The van der Waals surface area contributed by atoms with Crippen molar-refractivity contribution in [2.24, 2.45) is 0 Å². The summed E-state index contributed by atoms with van der Waals surface area (Å²) in [6.07, 6.45) is -15.3. The molecule has 6 aromatic rings. The molecule has 1 atom stereocenters. The first-order valence-corrected chi connectivity index (χ1v) is 21.0. The number of alkyl halides is 12. The van der Waals surface area contributed by atoms with Gasteiger partial charge in [0.15, 0.2) is 0 Å². The number of nitrogens with zero attached hydrogens (tertiary/aromatic N) is 6. The third kappa shape index (κ3) is 14.2. The predicted molar refractivity (Wildman–Crippen MR) is 203 cm³/mol. The van der Waals surface area contributed by atoms with Crippen LogP contribution in [0, 0.1) is 0 Å². The van der Waals surface area contributed by atoms with Crippen LogP contribution >= 0.6 is 0 Å². The molecule has 0 saturated carbocycles. The van der Waals surface area contributed by atoms with Crippen molar-refractivity contribution in [3.05, 3.63) is 141 Å². The van der Waals surface area contributed by atoms with Crippen LogP contribution in [0.3, 0.4) is 0 Å². The fourth-order valence-electron chi connectivity index (χ4n) is 5.33. The number of pyridine rings is 2. The van der Waals surface area contributed by atoms with Gasteiger partial charge >= 0.3 is 25.1 Å². The van der Waals surface area contributed by atoms with Gasteiger partial charge < -0.3 is 18.6 Å². The lowest BCUT2D eigenvalue weighted by molar-refractivity contribution is -0.275. The molecule has 6 rings (SSSR count). The van der Waals surface area contributed by atoms with E-state index in [4.69, 9.17) is 0 Å². The molecular formula is C38H26F12N6O7S2. The summed E-state index contributed by atoms with van der Waals surface area (Å²) < 4.78 is 198. The quantitative estimate of drug-likeness (QED) is 0.0977. The van der Waals surface area contributed by atoms with Crippen molar-refractivity contribution in [1.82, 2.24) is 29.1 Å². The van der Waals surface area contributed by atoms with E-state index in [0.717, 1.165) is 64.1 Å². The van der Waals surface area contributed by atoms with E-state index in [2.05, 4.69) is 29.4 Å². The molecule has 0 N–H and O–H groups in total. The third-order valence-corrected chi connectivity index (χ3v) is 9.70. The first kappa shape index (κ1) is 49.4. The minimum atomic E-state index is -4.95. The average molecular weight is 971 g/mol. The molecule has 2 aromatic carbocycles. The number of aromatic nitrogens is 6. The maximum atomic E-state index is 13.2. The highest BCUT2D eigenvalue weighted by atomic mass is 32.2. The second-order valence-corrected chi connectivity index (χ2v) is 16.4. The van der Waals surface area contributed by atoms with Crippen molar-refractivity contribution in [3.63, 3.8) is 0 Å². The molecule has 0 fully saturated rings. The second kappa shape index (κ2) is 18.8. The largest absolute Gasteiger partial charge is 0.573 e. The zero-order chi connectivity index (χ0) is 48.3. The molecule has 0 radical (unpaired) electrons. The van der Waals surface area contributed by atoms with Crippen molar-refractivity contribution in [2.75, 3.05) is 12.5 Å². The van der Waals surface area contributed by atoms with Crippen LogP contribution in [0.1, 0.15) is 22.5 Å². The SMILES string of the molecule is CS(=O)(=O)c1nc(-c2ccc(=O)n(Cc3ccc(OC(F)(F)F)cc3)c2)cc(C(F)(F)F)n1.CS(=O)c1nc(-c2ccc(=O)n(Cc3ccc(OC(F)(F)F)cc3)c2)cc(C(F)(F)F)n1. The third-order valence-electron chi connectivity index (χ3n) is 8.16. The van der Waals surface area contributed by atoms with E-state index in [-0.39, 0.29) is 35.6 Å². The van der Waals surface area contributed by atoms with Gasteiger partial charge in [0.2, 0.25) is 20.2 Å². The molecule has 4 aromatic heterocycles.